The fourth-order valence-electron chi connectivity index (χ4n) is 2.51. The third kappa shape index (κ3) is 3.54. The smallest absolute Gasteiger partial charge is 0.163 e. The second kappa shape index (κ2) is 6.16. The van der Waals surface area contributed by atoms with Gasteiger partial charge in [-0.3, -0.25) is 9.48 Å². The monoisotopic (exact) mass is 305 g/mol. The Hall–Kier alpha value is -2.75. The summed E-state index contributed by atoms with van der Waals surface area (Å²) in [5.74, 6) is 0.0705. The van der Waals surface area contributed by atoms with Crippen molar-refractivity contribution in [3.8, 4) is 0 Å². The fourth-order valence-corrected chi connectivity index (χ4v) is 2.51. The molecule has 2 aromatic carbocycles. The molecule has 4 nitrogen and oxygen atoms in total. The highest BCUT2D eigenvalue weighted by molar-refractivity contribution is 5.98. The van der Waals surface area contributed by atoms with Crippen molar-refractivity contribution in [3.05, 3.63) is 66.8 Å². The molecule has 0 amide bonds. The summed E-state index contributed by atoms with van der Waals surface area (Å²) in [6.45, 7) is 4.34. The van der Waals surface area contributed by atoms with Crippen molar-refractivity contribution in [3.63, 3.8) is 0 Å². The van der Waals surface area contributed by atoms with E-state index in [9.17, 15) is 4.79 Å². The number of fused-ring (bicyclic) bond motifs is 1. The first-order chi connectivity index (χ1) is 11.0. The van der Waals surface area contributed by atoms with Gasteiger partial charge in [-0.05, 0) is 28.5 Å². The molecular formula is C19H19N3O. The van der Waals surface area contributed by atoms with Crippen molar-refractivity contribution in [2.75, 3.05) is 0 Å². The maximum Gasteiger partial charge on any atom is 0.163 e. The van der Waals surface area contributed by atoms with E-state index < -0.39 is 5.41 Å². The molecule has 4 heteroatoms. The molecule has 0 spiro atoms. The molecule has 0 unspecified atom stereocenters. The fraction of sp³-hybridized carbons (Fsp3) is 0.211. The molecule has 0 N–H and O–H groups in total. The minimum Gasteiger partial charge on any atom is -0.294 e. The summed E-state index contributed by atoms with van der Waals surface area (Å²) in [5.41, 5.74) is 0.495. The van der Waals surface area contributed by atoms with Crippen LogP contribution >= 0.6 is 0 Å². The van der Waals surface area contributed by atoms with Gasteiger partial charge < -0.3 is 0 Å². The molecule has 0 aliphatic heterocycles. The second-order valence-corrected chi connectivity index (χ2v) is 6.28. The zero-order chi connectivity index (χ0) is 16.3. The number of hydrogen-bond donors (Lipinski definition) is 0. The number of carbonyl (C=O) groups excluding carboxylic acids is 1. The van der Waals surface area contributed by atoms with E-state index in [1.807, 2.05) is 38.1 Å². The van der Waals surface area contributed by atoms with Gasteiger partial charge in [0, 0.05) is 5.41 Å². The van der Waals surface area contributed by atoms with Gasteiger partial charge in [-0.15, -0.1) is 0 Å². The van der Waals surface area contributed by atoms with Crippen LogP contribution in [0.4, 0.5) is 0 Å². The zero-order valence-corrected chi connectivity index (χ0v) is 13.3. The van der Waals surface area contributed by atoms with Crippen molar-refractivity contribution in [1.82, 2.24) is 14.8 Å². The minimum absolute atomic E-state index is 0.0705. The SMILES string of the molecule is CC(C)(Cn1cncn1)C(=O)C=Cc1ccc2ccccc2c1. The number of aromatic nitrogens is 3. The lowest BCUT2D eigenvalue weighted by molar-refractivity contribution is -0.122. The van der Waals surface area contributed by atoms with Gasteiger partial charge in [0.25, 0.3) is 0 Å². The minimum atomic E-state index is -0.527. The molecule has 0 aliphatic rings. The van der Waals surface area contributed by atoms with Crippen LogP contribution in [0.5, 0.6) is 0 Å². The predicted octanol–water partition coefficient (Wildman–Crippen LogP) is 3.74. The molecule has 0 aliphatic carbocycles. The van der Waals surface area contributed by atoms with Crippen molar-refractivity contribution in [2.24, 2.45) is 5.41 Å². The third-order valence-electron chi connectivity index (χ3n) is 3.89. The molecule has 0 saturated carbocycles. The van der Waals surface area contributed by atoms with E-state index in [4.69, 9.17) is 0 Å². The largest absolute Gasteiger partial charge is 0.294 e. The standard InChI is InChI=1S/C19H19N3O/c1-19(2,12-22-14-20-13-21-22)18(23)10-8-15-7-9-16-5-3-4-6-17(16)11-15/h3-11,13-14H,12H2,1-2H3. The molecule has 23 heavy (non-hydrogen) atoms. The topological polar surface area (TPSA) is 47.8 Å². The predicted molar refractivity (Wildman–Crippen MR) is 91.8 cm³/mol. The molecular weight excluding hydrogens is 286 g/mol. The van der Waals surface area contributed by atoms with E-state index in [0.717, 1.165) is 5.56 Å². The number of rotatable bonds is 5. The van der Waals surface area contributed by atoms with Crippen molar-refractivity contribution in [2.45, 2.75) is 20.4 Å². The first kappa shape index (κ1) is 15.2. The van der Waals surface area contributed by atoms with Gasteiger partial charge in [-0.2, -0.15) is 5.10 Å². The average Bonchev–Trinajstić information content (AvgIpc) is 3.04. The van der Waals surface area contributed by atoms with Crippen molar-refractivity contribution < 1.29 is 4.79 Å². The lowest BCUT2D eigenvalue weighted by Gasteiger charge is -2.20. The molecule has 0 saturated heterocycles. The van der Waals surface area contributed by atoms with Gasteiger partial charge >= 0.3 is 0 Å². The first-order valence-corrected chi connectivity index (χ1v) is 7.58. The van der Waals surface area contributed by atoms with Gasteiger partial charge in [-0.25, -0.2) is 4.98 Å². The number of allylic oxidation sites excluding steroid dienone is 1. The highest BCUT2D eigenvalue weighted by atomic mass is 16.1. The Morgan fingerprint density at radius 3 is 2.70 bits per heavy atom. The molecule has 1 heterocycles. The van der Waals surface area contributed by atoms with E-state index in [2.05, 4.69) is 34.3 Å². The van der Waals surface area contributed by atoms with E-state index in [-0.39, 0.29) is 5.78 Å². The Balaban J connectivity index is 1.76. The number of benzene rings is 2. The number of carbonyl (C=O) groups is 1. The van der Waals surface area contributed by atoms with Crippen LogP contribution in [-0.4, -0.2) is 20.5 Å². The molecule has 0 bridgehead atoms. The van der Waals surface area contributed by atoms with Crippen LogP contribution in [-0.2, 0) is 11.3 Å². The summed E-state index contributed by atoms with van der Waals surface area (Å²) in [6.07, 6.45) is 6.63. The zero-order valence-electron chi connectivity index (χ0n) is 13.3. The van der Waals surface area contributed by atoms with Gasteiger partial charge in [0.05, 0.1) is 6.54 Å². The molecule has 0 radical (unpaired) electrons. The van der Waals surface area contributed by atoms with Crippen LogP contribution in [0.15, 0.2) is 61.2 Å². The lowest BCUT2D eigenvalue weighted by atomic mass is 9.87. The van der Waals surface area contributed by atoms with Crippen molar-refractivity contribution >= 4 is 22.6 Å². The van der Waals surface area contributed by atoms with Gasteiger partial charge in [0.2, 0.25) is 0 Å². The Morgan fingerprint density at radius 2 is 1.96 bits per heavy atom. The second-order valence-electron chi connectivity index (χ2n) is 6.28. The van der Waals surface area contributed by atoms with Crippen molar-refractivity contribution in [1.29, 1.82) is 0 Å². The van der Waals surface area contributed by atoms with Crippen LogP contribution in [0.1, 0.15) is 19.4 Å². The molecule has 116 valence electrons. The van der Waals surface area contributed by atoms with Gasteiger partial charge in [0.15, 0.2) is 5.78 Å². The molecule has 3 rings (SSSR count). The first-order valence-electron chi connectivity index (χ1n) is 7.58. The van der Waals surface area contributed by atoms with Crippen LogP contribution in [0.3, 0.4) is 0 Å². The summed E-state index contributed by atoms with van der Waals surface area (Å²) in [6, 6.07) is 14.4. The van der Waals surface area contributed by atoms with Crippen LogP contribution in [0.25, 0.3) is 16.8 Å². The Labute approximate surface area is 135 Å². The Kier molecular flexibility index (Phi) is 4.06. The summed E-state index contributed by atoms with van der Waals surface area (Å²) >= 11 is 0. The summed E-state index contributed by atoms with van der Waals surface area (Å²) in [5, 5.41) is 6.43. The number of nitrogens with zero attached hydrogens (tertiary/aromatic N) is 3. The van der Waals surface area contributed by atoms with E-state index in [1.54, 1.807) is 17.1 Å². The summed E-state index contributed by atoms with van der Waals surface area (Å²) in [4.78, 5) is 16.4. The van der Waals surface area contributed by atoms with E-state index in [1.165, 1.54) is 17.1 Å². The quantitative estimate of drug-likeness (QED) is 0.675. The van der Waals surface area contributed by atoms with Crippen LogP contribution in [0.2, 0.25) is 0 Å². The number of hydrogen-bond acceptors (Lipinski definition) is 3. The van der Waals surface area contributed by atoms with Crippen LogP contribution < -0.4 is 0 Å². The highest BCUT2D eigenvalue weighted by Gasteiger charge is 2.26. The van der Waals surface area contributed by atoms with E-state index in [0.29, 0.717) is 6.54 Å². The molecule has 3 aromatic rings. The van der Waals surface area contributed by atoms with Crippen LogP contribution in [0, 0.1) is 5.41 Å². The average molecular weight is 305 g/mol. The maximum absolute atomic E-state index is 12.5. The van der Waals surface area contributed by atoms with Gasteiger partial charge in [0.1, 0.15) is 12.7 Å². The summed E-state index contributed by atoms with van der Waals surface area (Å²) in [7, 11) is 0. The number of ketones is 1. The molecule has 0 atom stereocenters. The molecule has 0 fully saturated rings. The van der Waals surface area contributed by atoms with Gasteiger partial charge in [-0.1, -0.05) is 56.3 Å². The van der Waals surface area contributed by atoms with E-state index >= 15 is 0 Å². The maximum atomic E-state index is 12.5. The Morgan fingerprint density at radius 1 is 1.17 bits per heavy atom. The molecule has 1 aromatic heterocycles. The highest BCUT2D eigenvalue weighted by Crippen LogP contribution is 2.21. The lowest BCUT2D eigenvalue weighted by Crippen LogP contribution is -2.28. The normalized spacial score (nSPS) is 12.1. The third-order valence-corrected chi connectivity index (χ3v) is 3.89. The Bertz CT molecular complexity index is 848. The summed E-state index contributed by atoms with van der Waals surface area (Å²) < 4.78 is 1.68.